The first-order valence-electron chi connectivity index (χ1n) is 8.83. The van der Waals surface area contributed by atoms with Crippen molar-refractivity contribution in [3.05, 3.63) is 24.4 Å². The zero-order chi connectivity index (χ0) is 18.3. The number of hydrogen-bond donors (Lipinski definition) is 1. The smallest absolute Gasteiger partial charge is 0.321 e. The maximum Gasteiger partial charge on any atom is 0.321 e. The van der Waals surface area contributed by atoms with Gasteiger partial charge in [0.2, 0.25) is 0 Å². The van der Waals surface area contributed by atoms with E-state index in [0.29, 0.717) is 32.6 Å². The minimum atomic E-state index is -2.87. The number of aromatic nitrogens is 2. The van der Waals surface area contributed by atoms with Crippen molar-refractivity contribution >= 4 is 32.5 Å². The number of anilines is 1. The molecule has 1 N–H and O–H groups in total. The molecule has 0 unspecified atom stereocenters. The summed E-state index contributed by atoms with van der Waals surface area (Å²) in [6, 6.07) is 5.72. The number of fused-ring (bicyclic) bond motifs is 1. The van der Waals surface area contributed by atoms with Gasteiger partial charge in [-0.3, -0.25) is 9.58 Å². The molecule has 2 fully saturated rings. The molecule has 0 saturated carbocycles. The normalized spacial score (nSPS) is 23.4. The van der Waals surface area contributed by atoms with Crippen molar-refractivity contribution in [2.45, 2.75) is 12.5 Å². The molecule has 1 atom stereocenters. The largest absolute Gasteiger partial charge is 0.322 e. The van der Waals surface area contributed by atoms with Crippen molar-refractivity contribution in [2.75, 3.05) is 43.0 Å². The first-order valence-corrected chi connectivity index (χ1v) is 10.7. The highest BCUT2D eigenvalue weighted by Gasteiger charge is 2.34. The van der Waals surface area contributed by atoms with Crippen molar-refractivity contribution in [2.24, 2.45) is 7.05 Å². The van der Waals surface area contributed by atoms with Crippen molar-refractivity contribution in [3.8, 4) is 0 Å². The maximum absolute atomic E-state index is 12.5. The summed E-state index contributed by atoms with van der Waals surface area (Å²) in [5, 5.41) is 8.19. The summed E-state index contributed by atoms with van der Waals surface area (Å²) >= 11 is 0. The number of sulfone groups is 1. The number of urea groups is 1. The fourth-order valence-corrected chi connectivity index (χ4v) is 5.54. The molecular weight excluding hydrogens is 354 g/mol. The van der Waals surface area contributed by atoms with Crippen LogP contribution >= 0.6 is 0 Å². The molecule has 0 spiro atoms. The highest BCUT2D eigenvalue weighted by Crippen LogP contribution is 2.21. The molecule has 140 valence electrons. The van der Waals surface area contributed by atoms with Crippen LogP contribution in [0.3, 0.4) is 0 Å². The Morgan fingerprint density at radius 1 is 1.23 bits per heavy atom. The third-order valence-corrected chi connectivity index (χ3v) is 7.08. The quantitative estimate of drug-likeness (QED) is 0.841. The van der Waals surface area contributed by atoms with Crippen molar-refractivity contribution in [1.82, 2.24) is 19.6 Å². The van der Waals surface area contributed by atoms with E-state index < -0.39 is 9.84 Å². The van der Waals surface area contributed by atoms with Crippen molar-refractivity contribution in [3.63, 3.8) is 0 Å². The fourth-order valence-electron chi connectivity index (χ4n) is 3.78. The van der Waals surface area contributed by atoms with Crippen LogP contribution in [0.1, 0.15) is 6.42 Å². The number of rotatable bonds is 2. The Labute approximate surface area is 152 Å². The number of nitrogens with one attached hydrogen (secondary N) is 1. The Morgan fingerprint density at radius 2 is 2.00 bits per heavy atom. The molecule has 2 saturated heterocycles. The lowest BCUT2D eigenvalue weighted by Crippen LogP contribution is -2.53. The van der Waals surface area contributed by atoms with E-state index in [0.717, 1.165) is 16.6 Å². The van der Waals surface area contributed by atoms with Gasteiger partial charge in [-0.25, -0.2) is 13.2 Å². The molecule has 0 aliphatic carbocycles. The summed E-state index contributed by atoms with van der Waals surface area (Å²) in [7, 11) is -1.00. The second-order valence-corrected chi connectivity index (χ2v) is 9.28. The van der Waals surface area contributed by atoms with E-state index in [4.69, 9.17) is 0 Å². The molecule has 9 heteroatoms. The topological polar surface area (TPSA) is 87.5 Å². The summed E-state index contributed by atoms with van der Waals surface area (Å²) in [6.45, 7) is 2.65. The van der Waals surface area contributed by atoms with Gasteiger partial charge in [0.1, 0.15) is 0 Å². The molecule has 2 amide bonds. The molecular formula is C17H23N5O3S. The number of carbonyl (C=O) groups excluding carboxylic acids is 1. The van der Waals surface area contributed by atoms with E-state index in [1.54, 1.807) is 15.8 Å². The lowest BCUT2D eigenvalue weighted by atomic mass is 10.2. The molecule has 2 aliphatic rings. The third kappa shape index (κ3) is 3.41. The lowest BCUT2D eigenvalue weighted by Gasteiger charge is -2.37. The predicted octanol–water partition coefficient (Wildman–Crippen LogP) is 0.910. The molecule has 2 aliphatic heterocycles. The number of hydrogen-bond acceptors (Lipinski definition) is 5. The summed E-state index contributed by atoms with van der Waals surface area (Å²) in [5.74, 6) is 0.540. The fraction of sp³-hybridized carbons (Fsp3) is 0.529. The van der Waals surface area contributed by atoms with Gasteiger partial charge in [-0.1, -0.05) is 0 Å². The van der Waals surface area contributed by atoms with Crippen LogP contribution in [0.25, 0.3) is 10.9 Å². The van der Waals surface area contributed by atoms with Gasteiger partial charge in [0.15, 0.2) is 9.84 Å². The summed E-state index contributed by atoms with van der Waals surface area (Å²) in [4.78, 5) is 16.5. The number of aryl methyl sites for hydroxylation is 1. The highest BCUT2D eigenvalue weighted by molar-refractivity contribution is 7.91. The summed E-state index contributed by atoms with van der Waals surface area (Å²) in [6.07, 6.45) is 2.50. The Morgan fingerprint density at radius 3 is 2.69 bits per heavy atom. The Kier molecular flexibility index (Phi) is 4.36. The molecule has 1 aromatic heterocycles. The van der Waals surface area contributed by atoms with Gasteiger partial charge in [-0.15, -0.1) is 0 Å². The van der Waals surface area contributed by atoms with Gasteiger partial charge >= 0.3 is 6.03 Å². The summed E-state index contributed by atoms with van der Waals surface area (Å²) in [5.41, 5.74) is 1.71. The molecule has 0 bridgehead atoms. The van der Waals surface area contributed by atoms with E-state index in [9.17, 15) is 13.2 Å². The van der Waals surface area contributed by atoms with Crippen LogP contribution in [-0.2, 0) is 16.9 Å². The van der Waals surface area contributed by atoms with Gasteiger partial charge in [0.25, 0.3) is 0 Å². The molecule has 8 nitrogen and oxygen atoms in total. The van der Waals surface area contributed by atoms with Crippen LogP contribution in [0.15, 0.2) is 24.4 Å². The molecule has 4 rings (SSSR count). The van der Waals surface area contributed by atoms with Crippen molar-refractivity contribution < 1.29 is 13.2 Å². The molecule has 3 heterocycles. The minimum absolute atomic E-state index is 0.109. The van der Waals surface area contributed by atoms with E-state index >= 15 is 0 Å². The Hall–Kier alpha value is -2.13. The SMILES string of the molecule is Cn1ncc2ccc(NC(=O)N3CCN([C@H]4CCS(=O)(=O)C4)CC3)cc21. The number of amides is 2. The average molecular weight is 377 g/mol. The number of benzene rings is 1. The van der Waals surface area contributed by atoms with Crippen LogP contribution in [0.4, 0.5) is 10.5 Å². The van der Waals surface area contributed by atoms with Gasteiger partial charge in [-0.05, 0) is 24.6 Å². The standard InChI is InChI=1S/C17H23N5O3S/c1-20-16-10-14(3-2-13(16)11-18-20)19-17(23)22-7-5-21(6-8-22)15-4-9-26(24,25)12-15/h2-3,10-11,15H,4-9,12H2,1H3,(H,19,23)/t15-/m0/s1. The van der Waals surface area contributed by atoms with Gasteiger partial charge in [0, 0.05) is 50.3 Å². The van der Waals surface area contributed by atoms with Gasteiger partial charge < -0.3 is 10.2 Å². The number of carbonyl (C=O) groups is 1. The zero-order valence-electron chi connectivity index (χ0n) is 14.8. The first kappa shape index (κ1) is 17.3. The Bertz CT molecular complexity index is 931. The lowest BCUT2D eigenvalue weighted by molar-refractivity contribution is 0.121. The van der Waals surface area contributed by atoms with Crippen LogP contribution in [0.5, 0.6) is 0 Å². The second-order valence-electron chi connectivity index (χ2n) is 7.05. The number of piperazine rings is 1. The minimum Gasteiger partial charge on any atom is -0.322 e. The number of nitrogens with zero attached hydrogens (tertiary/aromatic N) is 4. The monoisotopic (exact) mass is 377 g/mol. The Balaban J connectivity index is 1.35. The van der Waals surface area contributed by atoms with Crippen LogP contribution in [0, 0.1) is 0 Å². The van der Waals surface area contributed by atoms with E-state index in [2.05, 4.69) is 15.3 Å². The van der Waals surface area contributed by atoms with Crippen LogP contribution < -0.4 is 5.32 Å². The van der Waals surface area contributed by atoms with E-state index in [1.807, 2.05) is 25.2 Å². The molecule has 0 radical (unpaired) electrons. The third-order valence-electron chi connectivity index (χ3n) is 5.33. The van der Waals surface area contributed by atoms with E-state index in [-0.39, 0.29) is 23.6 Å². The zero-order valence-corrected chi connectivity index (χ0v) is 15.6. The molecule has 26 heavy (non-hydrogen) atoms. The second kappa shape index (κ2) is 6.55. The molecule has 1 aromatic carbocycles. The summed E-state index contributed by atoms with van der Waals surface area (Å²) < 4.78 is 25.1. The van der Waals surface area contributed by atoms with Gasteiger partial charge in [0.05, 0.1) is 23.2 Å². The average Bonchev–Trinajstić information content (AvgIpc) is 3.17. The highest BCUT2D eigenvalue weighted by atomic mass is 32.2. The predicted molar refractivity (Wildman–Crippen MR) is 99.9 cm³/mol. The molecule has 2 aromatic rings. The first-order chi connectivity index (χ1) is 12.4. The van der Waals surface area contributed by atoms with Crippen molar-refractivity contribution in [1.29, 1.82) is 0 Å². The van der Waals surface area contributed by atoms with E-state index in [1.165, 1.54) is 0 Å². The van der Waals surface area contributed by atoms with Crippen LogP contribution in [0.2, 0.25) is 0 Å². The van der Waals surface area contributed by atoms with Crippen LogP contribution in [-0.4, -0.2) is 77.8 Å². The maximum atomic E-state index is 12.5. The van der Waals surface area contributed by atoms with Gasteiger partial charge in [-0.2, -0.15) is 5.10 Å².